The fraction of sp³-hybridized carbons (Fsp3) is 0.538. The van der Waals surface area contributed by atoms with Gasteiger partial charge in [0.1, 0.15) is 0 Å². The Balaban J connectivity index is 1.98. The van der Waals surface area contributed by atoms with Gasteiger partial charge in [0.25, 0.3) is 0 Å². The first-order chi connectivity index (χ1) is 7.66. The Hall–Kier alpha value is -0.380. The van der Waals surface area contributed by atoms with Crippen LogP contribution in [0.15, 0.2) is 28.7 Å². The van der Waals surface area contributed by atoms with Crippen molar-refractivity contribution in [3.63, 3.8) is 0 Å². The molecule has 0 spiro atoms. The summed E-state index contributed by atoms with van der Waals surface area (Å²) in [6.07, 6.45) is 1.21. The Bertz CT molecular complexity index is 354. The van der Waals surface area contributed by atoms with Crippen LogP contribution in [0, 0.1) is 5.92 Å². The second kappa shape index (κ2) is 5.30. The maximum absolute atomic E-state index is 6.11. The second-order valence-corrected chi connectivity index (χ2v) is 5.61. The molecule has 2 rings (SSSR count). The van der Waals surface area contributed by atoms with Crippen LogP contribution in [-0.2, 0) is 6.54 Å². The molecule has 1 saturated heterocycles. The highest BCUT2D eigenvalue weighted by atomic mass is 79.9. The standard InChI is InChI=1S/C13H19BrN2/c1-10-6-7-16(9-13(10)15)8-11-4-2-3-5-12(11)14/h2-5,10,13H,6-9,15H2,1H3. The van der Waals surface area contributed by atoms with Crippen LogP contribution >= 0.6 is 15.9 Å². The third-order valence-electron chi connectivity index (χ3n) is 3.45. The summed E-state index contributed by atoms with van der Waals surface area (Å²) in [7, 11) is 0. The average Bonchev–Trinajstić information content (AvgIpc) is 2.27. The SMILES string of the molecule is CC1CCN(Cc2ccccc2Br)CC1N. The van der Waals surface area contributed by atoms with Crippen LogP contribution in [0.2, 0.25) is 0 Å². The highest BCUT2D eigenvalue weighted by molar-refractivity contribution is 9.10. The van der Waals surface area contributed by atoms with Crippen LogP contribution in [0.5, 0.6) is 0 Å². The number of rotatable bonds is 2. The Kier molecular flexibility index (Phi) is 4.00. The number of benzene rings is 1. The van der Waals surface area contributed by atoms with E-state index in [1.807, 2.05) is 0 Å². The Morgan fingerprint density at radius 3 is 2.88 bits per heavy atom. The van der Waals surface area contributed by atoms with Crippen LogP contribution in [0.3, 0.4) is 0 Å². The first-order valence-corrected chi connectivity index (χ1v) is 6.67. The van der Waals surface area contributed by atoms with Gasteiger partial charge in [0.15, 0.2) is 0 Å². The third-order valence-corrected chi connectivity index (χ3v) is 4.23. The van der Waals surface area contributed by atoms with E-state index in [4.69, 9.17) is 5.73 Å². The summed E-state index contributed by atoms with van der Waals surface area (Å²) in [5, 5.41) is 0. The van der Waals surface area contributed by atoms with Gasteiger partial charge in [-0.1, -0.05) is 41.1 Å². The zero-order chi connectivity index (χ0) is 11.5. The van der Waals surface area contributed by atoms with Crippen molar-refractivity contribution in [3.05, 3.63) is 34.3 Å². The molecule has 1 aromatic carbocycles. The predicted octanol–water partition coefficient (Wildman–Crippen LogP) is 2.62. The summed E-state index contributed by atoms with van der Waals surface area (Å²) in [6, 6.07) is 8.75. The van der Waals surface area contributed by atoms with Gasteiger partial charge in [0.2, 0.25) is 0 Å². The van der Waals surface area contributed by atoms with Gasteiger partial charge in [0, 0.05) is 23.6 Å². The molecule has 3 heteroatoms. The Morgan fingerprint density at radius 2 is 2.19 bits per heavy atom. The van der Waals surface area contributed by atoms with Gasteiger partial charge in [-0.3, -0.25) is 4.90 Å². The van der Waals surface area contributed by atoms with Crippen LogP contribution in [0.1, 0.15) is 18.9 Å². The van der Waals surface area contributed by atoms with Gasteiger partial charge in [-0.2, -0.15) is 0 Å². The molecule has 0 bridgehead atoms. The minimum Gasteiger partial charge on any atom is -0.326 e. The molecule has 1 fully saturated rings. The van der Waals surface area contributed by atoms with E-state index in [-0.39, 0.29) is 0 Å². The molecule has 16 heavy (non-hydrogen) atoms. The summed E-state index contributed by atoms with van der Waals surface area (Å²) >= 11 is 3.59. The lowest BCUT2D eigenvalue weighted by Gasteiger charge is -2.35. The summed E-state index contributed by atoms with van der Waals surface area (Å²) in [5.74, 6) is 0.662. The van der Waals surface area contributed by atoms with Crippen LogP contribution < -0.4 is 5.73 Å². The Morgan fingerprint density at radius 1 is 1.44 bits per heavy atom. The number of nitrogens with zero attached hydrogens (tertiary/aromatic N) is 1. The van der Waals surface area contributed by atoms with Gasteiger partial charge >= 0.3 is 0 Å². The molecule has 1 aliphatic rings. The van der Waals surface area contributed by atoms with E-state index >= 15 is 0 Å². The fourth-order valence-corrected chi connectivity index (χ4v) is 2.59. The molecule has 0 radical (unpaired) electrons. The van der Waals surface area contributed by atoms with Crippen molar-refractivity contribution in [1.82, 2.24) is 4.90 Å². The summed E-state index contributed by atoms with van der Waals surface area (Å²) < 4.78 is 1.20. The van der Waals surface area contributed by atoms with E-state index in [0.29, 0.717) is 12.0 Å². The lowest BCUT2D eigenvalue weighted by molar-refractivity contribution is 0.162. The van der Waals surface area contributed by atoms with Gasteiger partial charge in [-0.25, -0.2) is 0 Å². The molecule has 0 saturated carbocycles. The van der Waals surface area contributed by atoms with Gasteiger partial charge in [0.05, 0.1) is 0 Å². The molecule has 2 nitrogen and oxygen atoms in total. The van der Waals surface area contributed by atoms with Crippen molar-refractivity contribution >= 4 is 15.9 Å². The zero-order valence-corrected chi connectivity index (χ0v) is 11.3. The van der Waals surface area contributed by atoms with Crippen molar-refractivity contribution in [2.45, 2.75) is 25.9 Å². The lowest BCUT2D eigenvalue weighted by atomic mass is 9.94. The van der Waals surface area contributed by atoms with E-state index in [1.165, 1.54) is 16.5 Å². The largest absolute Gasteiger partial charge is 0.326 e. The van der Waals surface area contributed by atoms with Crippen molar-refractivity contribution in [1.29, 1.82) is 0 Å². The molecule has 88 valence electrons. The van der Waals surface area contributed by atoms with Crippen LogP contribution in [-0.4, -0.2) is 24.0 Å². The van der Waals surface area contributed by atoms with Gasteiger partial charge < -0.3 is 5.73 Å². The van der Waals surface area contributed by atoms with Crippen LogP contribution in [0.25, 0.3) is 0 Å². The van der Waals surface area contributed by atoms with Crippen molar-refractivity contribution in [2.24, 2.45) is 11.7 Å². The number of hydrogen-bond acceptors (Lipinski definition) is 2. The number of halogens is 1. The first-order valence-electron chi connectivity index (χ1n) is 5.88. The number of likely N-dealkylation sites (tertiary alicyclic amines) is 1. The molecular formula is C13H19BrN2. The quantitative estimate of drug-likeness (QED) is 0.904. The predicted molar refractivity (Wildman–Crippen MR) is 71.2 cm³/mol. The van der Waals surface area contributed by atoms with Gasteiger partial charge in [-0.15, -0.1) is 0 Å². The molecule has 0 aromatic heterocycles. The molecule has 2 N–H and O–H groups in total. The second-order valence-electron chi connectivity index (χ2n) is 4.76. The summed E-state index contributed by atoms with van der Waals surface area (Å²) in [6.45, 7) is 5.43. The highest BCUT2D eigenvalue weighted by Crippen LogP contribution is 2.21. The molecule has 1 aliphatic heterocycles. The van der Waals surface area contributed by atoms with E-state index in [2.05, 4.69) is 52.0 Å². The topological polar surface area (TPSA) is 29.3 Å². The maximum atomic E-state index is 6.11. The summed E-state index contributed by atoms with van der Waals surface area (Å²) in [5.41, 5.74) is 7.46. The molecule has 1 aromatic rings. The van der Waals surface area contributed by atoms with E-state index < -0.39 is 0 Å². The normalized spacial score (nSPS) is 26.9. The van der Waals surface area contributed by atoms with E-state index in [1.54, 1.807) is 0 Å². The summed E-state index contributed by atoms with van der Waals surface area (Å²) in [4.78, 5) is 2.45. The minimum absolute atomic E-state index is 0.330. The van der Waals surface area contributed by atoms with Gasteiger partial charge in [-0.05, 0) is 30.5 Å². The fourth-order valence-electron chi connectivity index (χ4n) is 2.18. The molecule has 0 amide bonds. The number of hydrogen-bond donors (Lipinski definition) is 1. The lowest BCUT2D eigenvalue weighted by Crippen LogP contribution is -2.47. The monoisotopic (exact) mass is 282 g/mol. The van der Waals surface area contributed by atoms with E-state index in [0.717, 1.165) is 19.6 Å². The van der Waals surface area contributed by atoms with Crippen LogP contribution in [0.4, 0.5) is 0 Å². The van der Waals surface area contributed by atoms with Crippen molar-refractivity contribution in [3.8, 4) is 0 Å². The molecule has 0 aliphatic carbocycles. The molecular weight excluding hydrogens is 264 g/mol. The molecule has 1 heterocycles. The number of piperidine rings is 1. The van der Waals surface area contributed by atoms with Crippen molar-refractivity contribution < 1.29 is 0 Å². The van der Waals surface area contributed by atoms with E-state index in [9.17, 15) is 0 Å². The highest BCUT2D eigenvalue weighted by Gasteiger charge is 2.23. The molecule has 2 atom stereocenters. The minimum atomic E-state index is 0.330. The molecule has 2 unspecified atom stereocenters. The number of nitrogens with two attached hydrogens (primary N) is 1. The Labute approximate surface area is 106 Å². The van der Waals surface area contributed by atoms with Crippen molar-refractivity contribution in [2.75, 3.05) is 13.1 Å². The maximum Gasteiger partial charge on any atom is 0.0245 e. The zero-order valence-electron chi connectivity index (χ0n) is 9.70. The average molecular weight is 283 g/mol. The smallest absolute Gasteiger partial charge is 0.0245 e. The first kappa shape index (κ1) is 12.1. The third kappa shape index (κ3) is 2.84.